The van der Waals surface area contributed by atoms with E-state index in [0.29, 0.717) is 18.3 Å². The van der Waals surface area contributed by atoms with Crippen LogP contribution in [0, 0.1) is 5.92 Å². The van der Waals surface area contributed by atoms with E-state index in [2.05, 4.69) is 30.3 Å². The molecule has 0 spiro atoms. The number of fused-ring (bicyclic) bond motifs is 1. The first kappa shape index (κ1) is 13.8. The number of anilines is 1. The summed E-state index contributed by atoms with van der Waals surface area (Å²) in [5, 5.41) is 0. The lowest BCUT2D eigenvalue weighted by Gasteiger charge is -2.12. The van der Waals surface area contributed by atoms with Gasteiger partial charge in [-0.05, 0) is 18.4 Å². The molecule has 3 rings (SSSR count). The lowest BCUT2D eigenvalue weighted by Crippen LogP contribution is -2.15. The van der Waals surface area contributed by atoms with Crippen molar-refractivity contribution in [2.45, 2.75) is 26.2 Å². The van der Waals surface area contributed by atoms with Crippen LogP contribution in [0.4, 0.5) is 5.82 Å². The molecule has 21 heavy (non-hydrogen) atoms. The lowest BCUT2D eigenvalue weighted by molar-refractivity contribution is 0.339. The minimum Gasteiger partial charge on any atom is -0.492 e. The van der Waals surface area contributed by atoms with Crippen LogP contribution in [0.2, 0.25) is 0 Å². The van der Waals surface area contributed by atoms with Crippen molar-refractivity contribution in [3.05, 3.63) is 47.4 Å². The largest absolute Gasteiger partial charge is 0.492 e. The summed E-state index contributed by atoms with van der Waals surface area (Å²) >= 11 is 0. The van der Waals surface area contributed by atoms with Gasteiger partial charge in [-0.3, -0.25) is 0 Å². The van der Waals surface area contributed by atoms with Gasteiger partial charge in [0.2, 0.25) is 0 Å². The third kappa shape index (κ3) is 2.83. The van der Waals surface area contributed by atoms with Crippen molar-refractivity contribution in [2.75, 3.05) is 12.0 Å². The Kier molecular flexibility index (Phi) is 3.75. The molecule has 0 radical (unpaired) electrons. The molecule has 0 fully saturated rings. The zero-order chi connectivity index (χ0) is 14.8. The lowest BCUT2D eigenvalue weighted by atomic mass is 10.00. The van der Waals surface area contributed by atoms with Crippen LogP contribution < -0.4 is 16.0 Å². The molecular weight excluding hydrogens is 264 g/mol. The third-order valence-corrected chi connectivity index (χ3v) is 3.57. The first-order valence-electron chi connectivity index (χ1n) is 7.23. The number of hydrogen-bond donors (Lipinski definition) is 2. The molecule has 0 amide bonds. The van der Waals surface area contributed by atoms with E-state index in [4.69, 9.17) is 15.6 Å². The third-order valence-electron chi connectivity index (χ3n) is 3.57. The van der Waals surface area contributed by atoms with Gasteiger partial charge < -0.3 is 10.2 Å². The zero-order valence-electron chi connectivity index (χ0n) is 12.3. The maximum absolute atomic E-state index is 5.73. The predicted octanol–water partition coefficient (Wildman–Crippen LogP) is 2.49. The second kappa shape index (κ2) is 5.69. The van der Waals surface area contributed by atoms with Gasteiger partial charge >= 0.3 is 0 Å². The fourth-order valence-electron chi connectivity index (χ4n) is 2.65. The minimum atomic E-state index is 0.0698. The van der Waals surface area contributed by atoms with E-state index in [1.807, 2.05) is 24.3 Å². The normalized spacial score (nSPS) is 16.7. The zero-order valence-corrected chi connectivity index (χ0v) is 12.3. The van der Waals surface area contributed by atoms with Crippen molar-refractivity contribution < 1.29 is 4.74 Å². The maximum atomic E-state index is 5.73. The Morgan fingerprint density at radius 3 is 2.90 bits per heavy atom. The fraction of sp³-hybridized carbons (Fsp3) is 0.375. The summed E-state index contributed by atoms with van der Waals surface area (Å²) in [6, 6.07) is 9.95. The molecule has 0 saturated carbocycles. The second-order valence-electron chi connectivity index (χ2n) is 5.75. The number of hydrogen-bond acceptors (Lipinski definition) is 5. The number of hydrazine groups is 1. The molecule has 1 aromatic carbocycles. The molecule has 1 aromatic heterocycles. The van der Waals surface area contributed by atoms with Crippen LogP contribution in [0.1, 0.15) is 36.8 Å². The maximum Gasteiger partial charge on any atom is 0.143 e. The number of para-hydroxylation sites is 1. The van der Waals surface area contributed by atoms with Crippen molar-refractivity contribution in [2.24, 2.45) is 11.8 Å². The Bertz CT molecular complexity index is 642. The number of ether oxygens (including phenoxy) is 1. The quantitative estimate of drug-likeness (QED) is 0.666. The van der Waals surface area contributed by atoms with Gasteiger partial charge in [-0.2, -0.15) is 0 Å². The molecule has 1 aliphatic heterocycles. The molecule has 0 saturated heterocycles. The number of rotatable bonds is 4. The molecule has 0 bridgehead atoms. The van der Waals surface area contributed by atoms with E-state index < -0.39 is 0 Å². The summed E-state index contributed by atoms with van der Waals surface area (Å²) in [6.07, 6.45) is 0.902. The van der Waals surface area contributed by atoms with Crippen LogP contribution in [-0.4, -0.2) is 16.6 Å². The number of nitrogens with one attached hydrogen (secondary N) is 1. The topological polar surface area (TPSA) is 73.1 Å². The van der Waals surface area contributed by atoms with Crippen molar-refractivity contribution in [3.63, 3.8) is 0 Å². The highest BCUT2D eigenvalue weighted by Crippen LogP contribution is 2.36. The van der Waals surface area contributed by atoms with E-state index >= 15 is 0 Å². The minimum absolute atomic E-state index is 0.0698. The molecule has 110 valence electrons. The van der Waals surface area contributed by atoms with E-state index in [0.717, 1.165) is 29.3 Å². The van der Waals surface area contributed by atoms with Crippen molar-refractivity contribution in [3.8, 4) is 5.75 Å². The standard InChI is InChI=1S/C16H20N4O/c1-10(2)7-11-8-15(20-17)19-16(18-11)13-9-21-14-6-4-3-5-12(13)14/h3-6,8,10,13H,7,9,17H2,1-2H3,(H,18,19,20). The Morgan fingerprint density at radius 1 is 1.33 bits per heavy atom. The highest BCUT2D eigenvalue weighted by molar-refractivity contribution is 5.44. The summed E-state index contributed by atoms with van der Waals surface area (Å²) in [7, 11) is 0. The predicted molar refractivity (Wildman–Crippen MR) is 82.2 cm³/mol. The van der Waals surface area contributed by atoms with E-state index in [1.54, 1.807) is 0 Å². The van der Waals surface area contributed by atoms with Gasteiger partial charge in [-0.25, -0.2) is 15.8 Å². The van der Waals surface area contributed by atoms with Crippen molar-refractivity contribution in [1.82, 2.24) is 9.97 Å². The molecular formula is C16H20N4O. The SMILES string of the molecule is CC(C)Cc1cc(NN)nc(C2COc3ccccc32)n1. The summed E-state index contributed by atoms with van der Waals surface area (Å²) in [4.78, 5) is 9.23. The first-order valence-corrected chi connectivity index (χ1v) is 7.23. The molecule has 5 heteroatoms. The second-order valence-corrected chi connectivity index (χ2v) is 5.75. The van der Waals surface area contributed by atoms with Crippen LogP contribution in [0.5, 0.6) is 5.75 Å². The van der Waals surface area contributed by atoms with E-state index in [-0.39, 0.29) is 5.92 Å². The van der Waals surface area contributed by atoms with Gasteiger partial charge in [0, 0.05) is 17.3 Å². The highest BCUT2D eigenvalue weighted by atomic mass is 16.5. The summed E-state index contributed by atoms with van der Waals surface area (Å²) < 4.78 is 5.73. The molecule has 2 aromatic rings. The van der Waals surface area contributed by atoms with Gasteiger partial charge in [0.05, 0.1) is 5.92 Å². The smallest absolute Gasteiger partial charge is 0.143 e. The number of nitrogens with two attached hydrogens (primary N) is 1. The highest BCUT2D eigenvalue weighted by Gasteiger charge is 2.28. The van der Waals surface area contributed by atoms with Crippen LogP contribution >= 0.6 is 0 Å². The van der Waals surface area contributed by atoms with E-state index in [9.17, 15) is 0 Å². The van der Waals surface area contributed by atoms with Gasteiger partial charge in [0.15, 0.2) is 0 Å². The summed E-state index contributed by atoms with van der Waals surface area (Å²) in [5.74, 6) is 8.48. The van der Waals surface area contributed by atoms with Gasteiger partial charge in [0.1, 0.15) is 24.0 Å². The van der Waals surface area contributed by atoms with Crippen molar-refractivity contribution >= 4 is 5.82 Å². The van der Waals surface area contributed by atoms with Crippen LogP contribution in [0.15, 0.2) is 30.3 Å². The van der Waals surface area contributed by atoms with Crippen LogP contribution in [0.3, 0.4) is 0 Å². The molecule has 1 aliphatic rings. The number of nitrogens with zero attached hydrogens (tertiary/aromatic N) is 2. The molecule has 1 atom stereocenters. The first-order chi connectivity index (χ1) is 10.2. The van der Waals surface area contributed by atoms with Gasteiger partial charge in [0.25, 0.3) is 0 Å². The Hall–Kier alpha value is -2.14. The molecule has 5 nitrogen and oxygen atoms in total. The van der Waals surface area contributed by atoms with Gasteiger partial charge in [-0.1, -0.05) is 32.0 Å². The average Bonchev–Trinajstić information content (AvgIpc) is 2.90. The molecule has 2 heterocycles. The molecule has 0 aliphatic carbocycles. The van der Waals surface area contributed by atoms with Gasteiger partial charge in [-0.15, -0.1) is 0 Å². The monoisotopic (exact) mass is 284 g/mol. The molecule has 1 unspecified atom stereocenters. The summed E-state index contributed by atoms with van der Waals surface area (Å²) in [6.45, 7) is 4.92. The van der Waals surface area contributed by atoms with Crippen LogP contribution in [0.25, 0.3) is 0 Å². The number of aromatic nitrogens is 2. The van der Waals surface area contributed by atoms with E-state index in [1.165, 1.54) is 0 Å². The summed E-state index contributed by atoms with van der Waals surface area (Å²) in [5.41, 5.74) is 4.78. The number of nitrogen functional groups attached to an aromatic ring is 1. The number of benzene rings is 1. The Morgan fingerprint density at radius 2 is 2.14 bits per heavy atom. The Labute approximate surface area is 124 Å². The fourth-order valence-corrected chi connectivity index (χ4v) is 2.65. The van der Waals surface area contributed by atoms with Crippen LogP contribution in [-0.2, 0) is 6.42 Å². The van der Waals surface area contributed by atoms with Crippen molar-refractivity contribution in [1.29, 1.82) is 0 Å². The Balaban J connectivity index is 1.99. The molecule has 3 N–H and O–H groups in total. The average molecular weight is 284 g/mol.